The molecular formula is C15H19N3O2. The van der Waals surface area contributed by atoms with Gasteiger partial charge >= 0.3 is 0 Å². The van der Waals surface area contributed by atoms with E-state index in [2.05, 4.69) is 10.4 Å². The lowest BCUT2D eigenvalue weighted by atomic mass is 10.00. The lowest BCUT2D eigenvalue weighted by Crippen LogP contribution is -2.29. The third-order valence-corrected chi connectivity index (χ3v) is 3.14. The van der Waals surface area contributed by atoms with Crippen LogP contribution in [0.25, 0.3) is 0 Å². The van der Waals surface area contributed by atoms with Gasteiger partial charge in [0.25, 0.3) is 0 Å². The summed E-state index contributed by atoms with van der Waals surface area (Å²) >= 11 is 0. The van der Waals surface area contributed by atoms with E-state index in [4.69, 9.17) is 15.3 Å². The number of pyridine rings is 1. The first kappa shape index (κ1) is 14.3. The molecule has 0 spiro atoms. The minimum atomic E-state index is -0.0387. The quantitative estimate of drug-likeness (QED) is 0.621. The van der Waals surface area contributed by atoms with E-state index in [1.165, 1.54) is 0 Å². The van der Waals surface area contributed by atoms with Crippen LogP contribution in [0.2, 0.25) is 0 Å². The predicted molar refractivity (Wildman–Crippen MR) is 77.6 cm³/mol. The van der Waals surface area contributed by atoms with Crippen molar-refractivity contribution < 1.29 is 9.47 Å². The molecule has 0 aliphatic rings. The summed E-state index contributed by atoms with van der Waals surface area (Å²) in [6.45, 7) is 0. The van der Waals surface area contributed by atoms with Gasteiger partial charge in [-0.15, -0.1) is 0 Å². The molecule has 0 fully saturated rings. The van der Waals surface area contributed by atoms with Crippen LogP contribution < -0.4 is 20.7 Å². The van der Waals surface area contributed by atoms with E-state index in [-0.39, 0.29) is 6.04 Å². The molecule has 0 saturated heterocycles. The molecule has 0 amide bonds. The molecule has 1 atom stereocenters. The van der Waals surface area contributed by atoms with Crippen molar-refractivity contribution in [1.82, 2.24) is 10.4 Å². The van der Waals surface area contributed by atoms with Gasteiger partial charge in [-0.05, 0) is 35.7 Å². The Morgan fingerprint density at radius 3 is 2.40 bits per heavy atom. The number of benzene rings is 1. The van der Waals surface area contributed by atoms with Gasteiger partial charge in [-0.3, -0.25) is 16.3 Å². The zero-order valence-corrected chi connectivity index (χ0v) is 11.7. The van der Waals surface area contributed by atoms with Gasteiger partial charge in [0.15, 0.2) is 0 Å². The van der Waals surface area contributed by atoms with Crippen molar-refractivity contribution in [3.8, 4) is 11.5 Å². The monoisotopic (exact) mass is 273 g/mol. The Kier molecular flexibility index (Phi) is 4.92. The number of methoxy groups -OCH3 is 2. The van der Waals surface area contributed by atoms with Crippen LogP contribution in [0.15, 0.2) is 42.7 Å². The largest absolute Gasteiger partial charge is 0.497 e. The number of hydrogen-bond donors (Lipinski definition) is 2. The molecule has 0 radical (unpaired) electrons. The van der Waals surface area contributed by atoms with Gasteiger partial charge in [-0.25, -0.2) is 0 Å². The molecule has 106 valence electrons. The van der Waals surface area contributed by atoms with Gasteiger partial charge in [0, 0.05) is 18.5 Å². The first-order chi connectivity index (χ1) is 9.76. The fourth-order valence-electron chi connectivity index (χ4n) is 2.06. The second-order valence-corrected chi connectivity index (χ2v) is 4.43. The molecule has 2 rings (SSSR count). The van der Waals surface area contributed by atoms with Crippen LogP contribution in [0, 0.1) is 0 Å². The molecule has 1 aromatic carbocycles. The highest BCUT2D eigenvalue weighted by Crippen LogP contribution is 2.27. The van der Waals surface area contributed by atoms with E-state index in [9.17, 15) is 0 Å². The highest BCUT2D eigenvalue weighted by Gasteiger charge is 2.13. The molecule has 0 bridgehead atoms. The topological polar surface area (TPSA) is 69.4 Å². The normalized spacial score (nSPS) is 11.9. The predicted octanol–water partition coefficient (Wildman–Crippen LogP) is 1.85. The Bertz CT molecular complexity index is 524. The zero-order valence-electron chi connectivity index (χ0n) is 11.7. The van der Waals surface area contributed by atoms with Crippen LogP contribution in [0.5, 0.6) is 11.5 Å². The Labute approximate surface area is 118 Å². The molecule has 1 aromatic heterocycles. The van der Waals surface area contributed by atoms with Crippen molar-refractivity contribution >= 4 is 0 Å². The molecule has 20 heavy (non-hydrogen) atoms. The van der Waals surface area contributed by atoms with E-state index in [0.717, 1.165) is 29.0 Å². The van der Waals surface area contributed by atoms with Gasteiger partial charge in [0.2, 0.25) is 0 Å². The summed E-state index contributed by atoms with van der Waals surface area (Å²) in [6.07, 6.45) is 4.32. The second kappa shape index (κ2) is 6.88. The molecule has 2 aromatic rings. The molecule has 1 unspecified atom stereocenters. The summed E-state index contributed by atoms with van der Waals surface area (Å²) in [5.74, 6) is 7.17. The van der Waals surface area contributed by atoms with Crippen LogP contribution >= 0.6 is 0 Å². The third-order valence-electron chi connectivity index (χ3n) is 3.14. The standard InChI is InChI=1S/C15H19N3O2/c1-19-13-7-12(8-14(9-13)20-2)15(18-16)6-11-4-3-5-17-10-11/h3-5,7-10,15,18H,6,16H2,1-2H3. The zero-order chi connectivity index (χ0) is 14.4. The van der Waals surface area contributed by atoms with E-state index in [1.807, 2.05) is 36.5 Å². The van der Waals surface area contributed by atoms with E-state index < -0.39 is 0 Å². The first-order valence-electron chi connectivity index (χ1n) is 6.35. The van der Waals surface area contributed by atoms with Crippen molar-refractivity contribution in [2.75, 3.05) is 14.2 Å². The lowest BCUT2D eigenvalue weighted by molar-refractivity contribution is 0.391. The van der Waals surface area contributed by atoms with Crippen molar-refractivity contribution in [3.05, 3.63) is 53.9 Å². The summed E-state index contributed by atoms with van der Waals surface area (Å²) < 4.78 is 10.6. The lowest BCUT2D eigenvalue weighted by Gasteiger charge is -2.18. The maximum atomic E-state index is 5.68. The molecule has 3 N–H and O–H groups in total. The summed E-state index contributed by atoms with van der Waals surface area (Å²) in [6, 6.07) is 9.63. The number of hydrogen-bond acceptors (Lipinski definition) is 5. The first-order valence-corrected chi connectivity index (χ1v) is 6.35. The Morgan fingerprint density at radius 1 is 1.20 bits per heavy atom. The fourth-order valence-corrected chi connectivity index (χ4v) is 2.06. The average molecular weight is 273 g/mol. The number of nitrogens with zero attached hydrogens (tertiary/aromatic N) is 1. The Morgan fingerprint density at radius 2 is 1.90 bits per heavy atom. The van der Waals surface area contributed by atoms with Crippen molar-refractivity contribution in [1.29, 1.82) is 0 Å². The molecule has 5 heteroatoms. The van der Waals surface area contributed by atoms with Gasteiger partial charge in [0.1, 0.15) is 11.5 Å². The van der Waals surface area contributed by atoms with Gasteiger partial charge in [-0.2, -0.15) is 0 Å². The molecule has 0 aliphatic carbocycles. The van der Waals surface area contributed by atoms with Gasteiger partial charge < -0.3 is 9.47 Å². The Hall–Kier alpha value is -2.11. The maximum absolute atomic E-state index is 5.68. The SMILES string of the molecule is COc1cc(OC)cc(C(Cc2cccnc2)NN)c1. The fraction of sp³-hybridized carbons (Fsp3) is 0.267. The minimum absolute atomic E-state index is 0.0387. The van der Waals surface area contributed by atoms with Gasteiger partial charge in [-0.1, -0.05) is 6.07 Å². The maximum Gasteiger partial charge on any atom is 0.122 e. The number of nitrogens with two attached hydrogens (primary N) is 1. The highest BCUT2D eigenvalue weighted by molar-refractivity contribution is 5.40. The number of aromatic nitrogens is 1. The van der Waals surface area contributed by atoms with Crippen LogP contribution in [0.4, 0.5) is 0 Å². The van der Waals surface area contributed by atoms with E-state index >= 15 is 0 Å². The number of ether oxygens (including phenoxy) is 2. The van der Waals surface area contributed by atoms with E-state index in [0.29, 0.717) is 0 Å². The molecule has 1 heterocycles. The number of rotatable bonds is 6. The van der Waals surface area contributed by atoms with Crippen LogP contribution in [0.3, 0.4) is 0 Å². The summed E-state index contributed by atoms with van der Waals surface area (Å²) in [4.78, 5) is 4.12. The average Bonchev–Trinajstić information content (AvgIpc) is 2.53. The minimum Gasteiger partial charge on any atom is -0.497 e. The summed E-state index contributed by atoms with van der Waals surface area (Å²) in [5, 5.41) is 0. The molecule has 0 aliphatic heterocycles. The second-order valence-electron chi connectivity index (χ2n) is 4.43. The molecule has 0 saturated carbocycles. The molecular weight excluding hydrogens is 254 g/mol. The summed E-state index contributed by atoms with van der Waals surface area (Å²) in [7, 11) is 3.26. The third kappa shape index (κ3) is 3.46. The van der Waals surface area contributed by atoms with Gasteiger partial charge in [0.05, 0.1) is 20.3 Å². The van der Waals surface area contributed by atoms with Crippen molar-refractivity contribution in [2.45, 2.75) is 12.5 Å². The van der Waals surface area contributed by atoms with Crippen LogP contribution in [0.1, 0.15) is 17.2 Å². The van der Waals surface area contributed by atoms with E-state index in [1.54, 1.807) is 20.4 Å². The van der Waals surface area contributed by atoms with Crippen LogP contribution in [-0.4, -0.2) is 19.2 Å². The molecule has 5 nitrogen and oxygen atoms in total. The Balaban J connectivity index is 2.26. The smallest absolute Gasteiger partial charge is 0.122 e. The van der Waals surface area contributed by atoms with Crippen molar-refractivity contribution in [2.24, 2.45) is 5.84 Å². The van der Waals surface area contributed by atoms with Crippen LogP contribution in [-0.2, 0) is 6.42 Å². The summed E-state index contributed by atoms with van der Waals surface area (Å²) in [5.41, 5.74) is 4.95. The number of nitrogens with one attached hydrogen (secondary N) is 1. The van der Waals surface area contributed by atoms with Crippen molar-refractivity contribution in [3.63, 3.8) is 0 Å². The highest BCUT2D eigenvalue weighted by atomic mass is 16.5. The number of hydrazine groups is 1.